The fourth-order valence-electron chi connectivity index (χ4n) is 1.60. The van der Waals surface area contributed by atoms with Gasteiger partial charge in [-0.05, 0) is 34.1 Å². The minimum atomic E-state index is -0.678. The number of thiocarbonyl (C=S) groups is 1. The quantitative estimate of drug-likeness (QED) is 0.244. The molecule has 5 nitrogen and oxygen atoms in total. The maximum atomic E-state index is 12.1. The number of rotatable bonds is 3. The summed E-state index contributed by atoms with van der Waals surface area (Å²) in [6.45, 7) is 0. The molecule has 0 unspecified atom stereocenters. The zero-order chi connectivity index (χ0) is 15.6. The molecule has 0 aliphatic heterocycles. The van der Waals surface area contributed by atoms with Gasteiger partial charge in [0.15, 0.2) is 11.4 Å². The number of carbonyl (C=O) groups is 1. The first-order valence-corrected chi connectivity index (χ1v) is 8.50. The Morgan fingerprint density at radius 2 is 2.10 bits per heavy atom. The third kappa shape index (κ3) is 3.92. The summed E-state index contributed by atoms with van der Waals surface area (Å²) < 4.78 is 6.92. The number of nitrogens with two attached hydrogens (primary N) is 1. The van der Waals surface area contributed by atoms with E-state index in [0.717, 1.165) is 16.2 Å². The van der Waals surface area contributed by atoms with Gasteiger partial charge in [0, 0.05) is 9.86 Å². The van der Waals surface area contributed by atoms with Gasteiger partial charge < -0.3 is 9.84 Å². The van der Waals surface area contributed by atoms with Crippen molar-refractivity contribution in [2.75, 3.05) is 5.75 Å². The summed E-state index contributed by atoms with van der Waals surface area (Å²) in [5.74, 6) is 4.76. The first kappa shape index (κ1) is 16.6. The van der Waals surface area contributed by atoms with Crippen molar-refractivity contribution in [3.05, 3.63) is 43.1 Å². The lowest BCUT2D eigenvalue weighted by atomic mass is 10.1. The topological polar surface area (TPSA) is 85.3 Å². The van der Waals surface area contributed by atoms with Gasteiger partial charge in [-0.25, -0.2) is 10.6 Å². The Morgan fingerprint density at radius 3 is 2.76 bits per heavy atom. The third-order valence-corrected chi connectivity index (χ3v) is 4.81. The van der Waals surface area contributed by atoms with Crippen molar-refractivity contribution in [1.82, 2.24) is 5.43 Å². The lowest BCUT2D eigenvalue weighted by Gasteiger charge is -2.04. The molecule has 110 valence electrons. The summed E-state index contributed by atoms with van der Waals surface area (Å²) in [6, 6.07) is 5.03. The molecule has 0 saturated carbocycles. The SMILES string of the molecule is NNC(=S)SCC(=O)c1cc2cc(Br)cc(Br)c2oc1=O. The number of carbonyl (C=O) groups excluding carboxylic acids is 1. The predicted octanol–water partition coefficient (Wildman–Crippen LogP) is 2.98. The molecule has 9 heteroatoms. The maximum absolute atomic E-state index is 12.1. The molecule has 0 saturated heterocycles. The van der Waals surface area contributed by atoms with Gasteiger partial charge in [-0.3, -0.25) is 4.79 Å². The minimum Gasteiger partial charge on any atom is -0.421 e. The Labute approximate surface area is 145 Å². The molecule has 1 aromatic heterocycles. The number of Topliss-reactive ketones (excluding diaryl/α,β-unsaturated/α-hetero) is 1. The van der Waals surface area contributed by atoms with Gasteiger partial charge in [0.2, 0.25) is 0 Å². The van der Waals surface area contributed by atoms with E-state index in [4.69, 9.17) is 22.5 Å². The van der Waals surface area contributed by atoms with E-state index in [0.29, 0.717) is 15.4 Å². The van der Waals surface area contributed by atoms with E-state index >= 15 is 0 Å². The van der Waals surface area contributed by atoms with Gasteiger partial charge in [0.25, 0.3) is 0 Å². The average molecular weight is 452 g/mol. The number of thioether (sulfide) groups is 1. The van der Waals surface area contributed by atoms with E-state index in [-0.39, 0.29) is 21.4 Å². The van der Waals surface area contributed by atoms with Crippen LogP contribution >= 0.6 is 55.8 Å². The van der Waals surface area contributed by atoms with E-state index in [1.165, 1.54) is 6.07 Å². The van der Waals surface area contributed by atoms with E-state index in [1.807, 2.05) is 0 Å². The number of hydrogen-bond donors (Lipinski definition) is 2. The van der Waals surface area contributed by atoms with Gasteiger partial charge in [-0.2, -0.15) is 0 Å². The molecule has 0 atom stereocenters. The van der Waals surface area contributed by atoms with Crippen LogP contribution in [0, 0.1) is 0 Å². The highest BCUT2D eigenvalue weighted by Gasteiger charge is 2.16. The van der Waals surface area contributed by atoms with Gasteiger partial charge >= 0.3 is 5.63 Å². The second kappa shape index (κ2) is 7.01. The number of benzene rings is 1. The lowest BCUT2D eigenvalue weighted by Crippen LogP contribution is -2.27. The first-order valence-electron chi connectivity index (χ1n) is 5.52. The molecule has 0 spiro atoms. The molecule has 0 radical (unpaired) electrons. The van der Waals surface area contributed by atoms with Gasteiger partial charge in [0.1, 0.15) is 9.88 Å². The molecule has 0 aliphatic rings. The van der Waals surface area contributed by atoms with Crippen molar-refractivity contribution in [3.63, 3.8) is 0 Å². The van der Waals surface area contributed by atoms with E-state index in [2.05, 4.69) is 37.3 Å². The van der Waals surface area contributed by atoms with Crippen molar-refractivity contribution in [1.29, 1.82) is 0 Å². The molecule has 0 aliphatic carbocycles. The fraction of sp³-hybridized carbons (Fsp3) is 0.0833. The summed E-state index contributed by atoms with van der Waals surface area (Å²) in [5.41, 5.74) is 1.96. The average Bonchev–Trinajstić information content (AvgIpc) is 2.44. The second-order valence-electron chi connectivity index (χ2n) is 3.90. The molecule has 1 aromatic carbocycles. The monoisotopic (exact) mass is 450 g/mol. The van der Waals surface area contributed by atoms with Gasteiger partial charge in [-0.1, -0.05) is 39.9 Å². The van der Waals surface area contributed by atoms with Crippen LogP contribution in [0.5, 0.6) is 0 Å². The third-order valence-electron chi connectivity index (χ3n) is 2.50. The maximum Gasteiger partial charge on any atom is 0.347 e. The summed E-state index contributed by atoms with van der Waals surface area (Å²) in [4.78, 5) is 24.0. The van der Waals surface area contributed by atoms with Gasteiger partial charge in [0.05, 0.1) is 10.2 Å². The Balaban J connectivity index is 2.41. The smallest absolute Gasteiger partial charge is 0.347 e. The summed E-state index contributed by atoms with van der Waals surface area (Å²) in [6.07, 6.45) is 0. The molecule has 1 heterocycles. The number of halogens is 2. The van der Waals surface area contributed by atoms with Crippen LogP contribution in [-0.4, -0.2) is 15.9 Å². The molecule has 21 heavy (non-hydrogen) atoms. The van der Waals surface area contributed by atoms with Crippen molar-refractivity contribution in [3.8, 4) is 0 Å². The highest BCUT2D eigenvalue weighted by atomic mass is 79.9. The predicted molar refractivity (Wildman–Crippen MR) is 94.6 cm³/mol. The molecule has 2 rings (SSSR count). The Bertz CT molecular complexity index is 792. The Morgan fingerprint density at radius 1 is 1.38 bits per heavy atom. The minimum absolute atomic E-state index is 0.00841. The van der Waals surface area contributed by atoms with Crippen molar-refractivity contribution in [2.24, 2.45) is 5.84 Å². The van der Waals surface area contributed by atoms with E-state index in [9.17, 15) is 9.59 Å². The van der Waals surface area contributed by atoms with Crippen molar-refractivity contribution >= 4 is 76.9 Å². The Hall–Kier alpha value is -0.740. The van der Waals surface area contributed by atoms with Crippen LogP contribution < -0.4 is 16.9 Å². The van der Waals surface area contributed by atoms with Crippen molar-refractivity contribution < 1.29 is 9.21 Å². The molecular weight excluding hydrogens is 444 g/mol. The largest absolute Gasteiger partial charge is 0.421 e. The number of hydrogen-bond acceptors (Lipinski definition) is 6. The van der Waals surface area contributed by atoms with Crippen LogP contribution in [0.3, 0.4) is 0 Å². The highest BCUT2D eigenvalue weighted by Crippen LogP contribution is 2.28. The summed E-state index contributed by atoms with van der Waals surface area (Å²) in [7, 11) is 0. The van der Waals surface area contributed by atoms with Crippen LogP contribution in [-0.2, 0) is 0 Å². The molecule has 3 N–H and O–H groups in total. The first-order chi connectivity index (χ1) is 9.92. The zero-order valence-electron chi connectivity index (χ0n) is 10.3. The number of nitrogens with one attached hydrogen (secondary N) is 1. The van der Waals surface area contributed by atoms with E-state index < -0.39 is 5.63 Å². The summed E-state index contributed by atoms with van der Waals surface area (Å²) >= 11 is 12.5. The highest BCUT2D eigenvalue weighted by molar-refractivity contribution is 9.11. The van der Waals surface area contributed by atoms with Crippen molar-refractivity contribution in [2.45, 2.75) is 0 Å². The van der Waals surface area contributed by atoms with E-state index in [1.54, 1.807) is 12.1 Å². The standard InChI is InChI=1S/C12H8Br2N2O3S2/c13-6-1-5-2-7(9(17)4-21-12(20)16-15)11(18)19-10(5)8(14)3-6/h1-3H,4,15H2,(H,16,20). The van der Waals surface area contributed by atoms with Crippen LogP contribution in [0.4, 0.5) is 0 Å². The molecular formula is C12H8Br2N2O3S2. The molecule has 0 amide bonds. The Kier molecular flexibility index (Phi) is 5.55. The summed E-state index contributed by atoms with van der Waals surface area (Å²) in [5, 5.41) is 0.642. The zero-order valence-corrected chi connectivity index (χ0v) is 15.1. The van der Waals surface area contributed by atoms with Crippen LogP contribution in [0.2, 0.25) is 0 Å². The fourth-order valence-corrected chi connectivity index (χ4v) is 3.62. The number of ketones is 1. The molecule has 2 aromatic rings. The van der Waals surface area contributed by atoms with Crippen LogP contribution in [0.1, 0.15) is 10.4 Å². The number of hydrazine groups is 1. The van der Waals surface area contributed by atoms with Crippen LogP contribution in [0.25, 0.3) is 11.0 Å². The molecule has 0 bridgehead atoms. The molecule has 0 fully saturated rings. The second-order valence-corrected chi connectivity index (χ2v) is 7.32. The number of fused-ring (bicyclic) bond motifs is 1. The normalized spacial score (nSPS) is 10.6. The van der Waals surface area contributed by atoms with Gasteiger partial charge in [-0.15, -0.1) is 0 Å². The lowest BCUT2D eigenvalue weighted by molar-refractivity contribution is 0.101. The van der Waals surface area contributed by atoms with Crippen LogP contribution in [0.15, 0.2) is 36.4 Å².